The molecule has 1 saturated heterocycles. The Bertz CT molecular complexity index is 1060. The second-order valence-corrected chi connectivity index (χ2v) is 8.40. The summed E-state index contributed by atoms with van der Waals surface area (Å²) < 4.78 is 13.6. The Balaban J connectivity index is 1.49. The van der Waals surface area contributed by atoms with Crippen LogP contribution in [0.1, 0.15) is 37.8 Å². The van der Waals surface area contributed by atoms with Crippen LogP contribution in [0.25, 0.3) is 11.4 Å². The number of nitrogens with zero attached hydrogens (tertiary/aromatic N) is 6. The molecule has 32 heavy (non-hydrogen) atoms. The number of hydrazine groups is 1. The van der Waals surface area contributed by atoms with E-state index in [2.05, 4.69) is 39.2 Å². The molecule has 4 heterocycles. The molecule has 2 aromatic rings. The van der Waals surface area contributed by atoms with Gasteiger partial charge < -0.3 is 5.32 Å². The molecular weight excluding hydrogens is 405 g/mol. The molecule has 0 unspecified atom stereocenters. The molecule has 165 valence electrons. The zero-order valence-electron chi connectivity index (χ0n) is 18.5. The largest absolute Gasteiger partial charge is 0.309 e. The van der Waals surface area contributed by atoms with Crippen molar-refractivity contribution in [1.29, 1.82) is 0 Å². The number of hydrazone groups is 1. The number of rotatable bonds is 5. The number of amidine groups is 1. The zero-order chi connectivity index (χ0) is 22.1. The lowest BCUT2D eigenvalue weighted by Gasteiger charge is -2.45. The molecule has 0 aliphatic carbocycles. The van der Waals surface area contributed by atoms with Crippen molar-refractivity contribution in [3.63, 3.8) is 0 Å². The van der Waals surface area contributed by atoms with Crippen LogP contribution in [0.15, 0.2) is 58.9 Å². The average Bonchev–Trinajstić information content (AvgIpc) is 3.23. The number of aromatic nitrogens is 1. The molecule has 1 N–H and O–H groups in total. The van der Waals surface area contributed by atoms with Crippen molar-refractivity contribution in [2.24, 2.45) is 10.1 Å². The molecule has 3 aliphatic heterocycles. The number of hydrogen-bond donors (Lipinski definition) is 1. The minimum absolute atomic E-state index is 0.107. The standard InChI is InChI=1S/C24H28FN7/c1-3-24(4-2)16-30(14-13-27-24)32-17-31-21(15-28-32)29-22(18-5-7-20(25)8-6-18)23(31)19-9-11-26-12-10-19/h5-12,15,27H,3-4,13-14,16-17H2,1-2H3/q+1. The summed E-state index contributed by atoms with van der Waals surface area (Å²) in [6.07, 6.45) is 7.54. The van der Waals surface area contributed by atoms with Gasteiger partial charge in [-0.1, -0.05) is 18.7 Å². The van der Waals surface area contributed by atoms with Crippen LogP contribution in [0.5, 0.6) is 0 Å². The number of piperazine rings is 1. The molecule has 1 aromatic heterocycles. The molecular formula is C24H28FN7+. The highest BCUT2D eigenvalue weighted by atomic mass is 19.1. The average molecular weight is 434 g/mol. The summed E-state index contributed by atoms with van der Waals surface area (Å²) in [7, 11) is 0. The van der Waals surface area contributed by atoms with E-state index in [9.17, 15) is 4.39 Å². The Hall–Kier alpha value is -2.94. The highest BCUT2D eigenvalue weighted by Crippen LogP contribution is 2.35. The van der Waals surface area contributed by atoms with Crippen molar-refractivity contribution in [2.75, 3.05) is 26.3 Å². The number of fused-ring (bicyclic) bond motifs is 1. The SMILES string of the molecule is CCC1(CC)CN(N2C[N+]3C(=NC(c4ccc(F)cc4)=C3c3ccncc3)C=N2)CCN1. The summed E-state index contributed by atoms with van der Waals surface area (Å²) >= 11 is 0. The summed E-state index contributed by atoms with van der Waals surface area (Å²) in [5.74, 6) is 0.532. The molecule has 0 atom stereocenters. The summed E-state index contributed by atoms with van der Waals surface area (Å²) in [6.45, 7) is 7.80. The van der Waals surface area contributed by atoms with Crippen LogP contribution in [0.3, 0.4) is 0 Å². The molecule has 1 aromatic carbocycles. The second-order valence-electron chi connectivity index (χ2n) is 8.40. The number of benzene rings is 1. The first-order valence-corrected chi connectivity index (χ1v) is 11.2. The van der Waals surface area contributed by atoms with Gasteiger partial charge in [0.25, 0.3) is 0 Å². The fourth-order valence-electron chi connectivity index (χ4n) is 4.62. The maximum Gasteiger partial charge on any atom is 0.305 e. The van der Waals surface area contributed by atoms with Crippen molar-refractivity contribution in [2.45, 2.75) is 32.2 Å². The topological polar surface area (TPSA) is 62.0 Å². The van der Waals surface area contributed by atoms with Gasteiger partial charge in [0.2, 0.25) is 12.4 Å². The second kappa shape index (κ2) is 8.54. The van der Waals surface area contributed by atoms with Crippen molar-refractivity contribution >= 4 is 23.4 Å². The van der Waals surface area contributed by atoms with Crippen molar-refractivity contribution in [3.8, 4) is 0 Å². The third-order valence-corrected chi connectivity index (χ3v) is 6.68. The van der Waals surface area contributed by atoms with Crippen LogP contribution < -0.4 is 10.2 Å². The van der Waals surface area contributed by atoms with E-state index in [0.717, 1.165) is 60.8 Å². The van der Waals surface area contributed by atoms with Crippen LogP contribution in [-0.4, -0.2) is 59.0 Å². The molecule has 0 saturated carbocycles. The number of halogens is 1. The van der Waals surface area contributed by atoms with E-state index < -0.39 is 0 Å². The summed E-state index contributed by atoms with van der Waals surface area (Å²) in [5.41, 5.74) is 3.80. The normalized spacial score (nSPS) is 21.1. The van der Waals surface area contributed by atoms with Gasteiger partial charge >= 0.3 is 5.84 Å². The number of aliphatic imine (C=N–C) groups is 1. The highest BCUT2D eigenvalue weighted by molar-refractivity contribution is 6.36. The molecule has 8 heteroatoms. The van der Waals surface area contributed by atoms with Gasteiger partial charge in [0.05, 0.1) is 0 Å². The highest BCUT2D eigenvalue weighted by Gasteiger charge is 2.45. The van der Waals surface area contributed by atoms with E-state index in [1.807, 2.05) is 18.3 Å². The number of pyridine rings is 1. The molecule has 0 bridgehead atoms. The van der Waals surface area contributed by atoms with Crippen molar-refractivity contribution in [1.82, 2.24) is 25.3 Å². The van der Waals surface area contributed by atoms with Gasteiger partial charge in [-0.3, -0.25) is 4.98 Å². The summed E-state index contributed by atoms with van der Waals surface area (Å²) in [5, 5.41) is 12.8. The summed E-state index contributed by atoms with van der Waals surface area (Å²) in [6, 6.07) is 10.5. The van der Waals surface area contributed by atoms with Gasteiger partial charge in [0.15, 0.2) is 0 Å². The van der Waals surface area contributed by atoms with Gasteiger partial charge in [-0.25, -0.2) is 4.39 Å². The fourth-order valence-corrected chi connectivity index (χ4v) is 4.62. The maximum absolute atomic E-state index is 13.6. The molecule has 0 amide bonds. The lowest BCUT2D eigenvalue weighted by molar-refractivity contribution is -0.0724. The first kappa shape index (κ1) is 20.9. The van der Waals surface area contributed by atoms with Crippen LogP contribution >= 0.6 is 0 Å². The molecule has 1 fully saturated rings. The van der Waals surface area contributed by atoms with Gasteiger partial charge in [-0.15, -0.1) is 0 Å². The number of hydrogen-bond acceptors (Lipinski definition) is 7. The van der Waals surface area contributed by atoms with E-state index in [1.54, 1.807) is 24.5 Å². The Morgan fingerprint density at radius 2 is 1.81 bits per heavy atom. The molecule has 7 nitrogen and oxygen atoms in total. The lowest BCUT2D eigenvalue weighted by Crippen LogP contribution is -2.64. The smallest absolute Gasteiger partial charge is 0.305 e. The molecule has 1 radical (unpaired) electrons. The Labute approximate surface area is 187 Å². The Kier molecular flexibility index (Phi) is 5.58. The molecule has 0 spiro atoms. The fraction of sp³-hybridized carbons (Fsp3) is 0.375. The van der Waals surface area contributed by atoms with Crippen LogP contribution in [-0.2, 0) is 0 Å². The third kappa shape index (κ3) is 3.74. The van der Waals surface area contributed by atoms with Gasteiger partial charge in [0, 0.05) is 48.7 Å². The zero-order valence-corrected chi connectivity index (χ0v) is 18.5. The molecule has 5 rings (SSSR count). The van der Waals surface area contributed by atoms with Gasteiger partial charge in [-0.05, 0) is 49.2 Å². The minimum Gasteiger partial charge on any atom is -0.309 e. The monoisotopic (exact) mass is 433 g/mol. The van der Waals surface area contributed by atoms with Gasteiger partial charge in [0.1, 0.15) is 17.7 Å². The maximum atomic E-state index is 13.6. The first-order chi connectivity index (χ1) is 15.6. The summed E-state index contributed by atoms with van der Waals surface area (Å²) in [4.78, 5) is 11.2. The first-order valence-electron chi connectivity index (χ1n) is 11.2. The quantitative estimate of drug-likeness (QED) is 0.736. The van der Waals surface area contributed by atoms with E-state index in [-0.39, 0.29) is 11.4 Å². The van der Waals surface area contributed by atoms with Crippen molar-refractivity contribution in [3.05, 3.63) is 65.7 Å². The van der Waals surface area contributed by atoms with E-state index in [1.165, 1.54) is 12.1 Å². The van der Waals surface area contributed by atoms with E-state index in [0.29, 0.717) is 6.67 Å². The number of nitrogens with one attached hydrogen (secondary N) is 1. The molecule has 3 aliphatic rings. The van der Waals surface area contributed by atoms with E-state index >= 15 is 0 Å². The van der Waals surface area contributed by atoms with E-state index in [4.69, 9.17) is 10.1 Å². The predicted octanol–water partition coefficient (Wildman–Crippen LogP) is 3.24. The lowest BCUT2D eigenvalue weighted by atomic mass is 9.91. The Morgan fingerprint density at radius 3 is 2.53 bits per heavy atom. The Morgan fingerprint density at radius 1 is 1.06 bits per heavy atom. The third-order valence-electron chi connectivity index (χ3n) is 6.68. The van der Waals surface area contributed by atoms with Crippen LogP contribution in [0, 0.1) is 5.82 Å². The van der Waals surface area contributed by atoms with Crippen LogP contribution in [0.4, 0.5) is 4.39 Å². The van der Waals surface area contributed by atoms with Gasteiger partial charge in [-0.2, -0.15) is 20.2 Å². The van der Waals surface area contributed by atoms with Crippen molar-refractivity contribution < 1.29 is 4.39 Å². The van der Waals surface area contributed by atoms with Crippen LogP contribution in [0.2, 0.25) is 0 Å². The predicted molar refractivity (Wildman–Crippen MR) is 125 cm³/mol. The minimum atomic E-state index is -0.259.